The number of aromatic nitrogens is 4. The van der Waals surface area contributed by atoms with Crippen LogP contribution in [-0.2, 0) is 0 Å². The van der Waals surface area contributed by atoms with Crippen molar-refractivity contribution in [2.45, 2.75) is 13.0 Å². The minimum absolute atomic E-state index is 0.192. The maximum atomic E-state index is 12.6. The van der Waals surface area contributed by atoms with E-state index in [9.17, 15) is 4.79 Å². The Bertz CT molecular complexity index is 1310. The van der Waals surface area contributed by atoms with E-state index in [-0.39, 0.29) is 17.9 Å². The van der Waals surface area contributed by atoms with Crippen molar-refractivity contribution in [3.63, 3.8) is 0 Å². The predicted octanol–water partition coefficient (Wildman–Crippen LogP) is 4.94. The van der Waals surface area contributed by atoms with Gasteiger partial charge in [-0.15, -0.1) is 5.10 Å². The predicted molar refractivity (Wildman–Crippen MR) is 125 cm³/mol. The summed E-state index contributed by atoms with van der Waals surface area (Å²) in [5.41, 5.74) is 4.39. The number of carbonyl (C=O) groups excluding carboxylic acids is 1. The van der Waals surface area contributed by atoms with E-state index in [1.165, 1.54) is 11.8 Å². The van der Waals surface area contributed by atoms with Crippen LogP contribution >= 0.6 is 11.6 Å². The van der Waals surface area contributed by atoms with Crippen molar-refractivity contribution in [1.29, 1.82) is 0 Å². The second kappa shape index (κ2) is 8.28. The summed E-state index contributed by atoms with van der Waals surface area (Å²) in [6.07, 6.45) is 5.16. The van der Waals surface area contributed by atoms with E-state index in [1.807, 2.05) is 31.2 Å². The third-order valence-corrected chi connectivity index (χ3v) is 5.55. The molecule has 1 aliphatic heterocycles. The van der Waals surface area contributed by atoms with E-state index in [0.717, 1.165) is 16.8 Å². The Labute approximate surface area is 189 Å². The molecule has 7 nitrogen and oxygen atoms in total. The van der Waals surface area contributed by atoms with Crippen LogP contribution in [0, 0.1) is 6.92 Å². The van der Waals surface area contributed by atoms with Gasteiger partial charge in [-0.3, -0.25) is 15.1 Å². The van der Waals surface area contributed by atoms with Gasteiger partial charge in [-0.1, -0.05) is 59.6 Å². The number of rotatable bonds is 4. The van der Waals surface area contributed by atoms with Crippen LogP contribution in [0.3, 0.4) is 0 Å². The van der Waals surface area contributed by atoms with Crippen molar-refractivity contribution in [3.05, 3.63) is 106 Å². The van der Waals surface area contributed by atoms with E-state index in [2.05, 4.69) is 56.0 Å². The summed E-state index contributed by atoms with van der Waals surface area (Å²) < 4.78 is 1.72. The summed E-state index contributed by atoms with van der Waals surface area (Å²) in [5.74, 6) is 0.369. The second-order valence-corrected chi connectivity index (χ2v) is 7.84. The van der Waals surface area contributed by atoms with E-state index in [4.69, 9.17) is 11.6 Å². The summed E-state index contributed by atoms with van der Waals surface area (Å²) in [7, 11) is 0. The first-order chi connectivity index (χ1) is 15.6. The highest BCUT2D eigenvalue weighted by molar-refractivity contribution is 6.31. The molecule has 1 amide bonds. The number of amides is 1. The van der Waals surface area contributed by atoms with Crippen molar-refractivity contribution < 1.29 is 4.79 Å². The number of aryl methyl sites for hydroxylation is 1. The third-order valence-electron chi connectivity index (χ3n) is 5.20. The molecule has 0 bridgehead atoms. The van der Waals surface area contributed by atoms with Crippen LogP contribution < -0.4 is 10.6 Å². The van der Waals surface area contributed by atoms with Crippen molar-refractivity contribution in [3.8, 4) is 0 Å². The molecule has 158 valence electrons. The van der Waals surface area contributed by atoms with Gasteiger partial charge >= 0.3 is 0 Å². The zero-order chi connectivity index (χ0) is 22.1. The van der Waals surface area contributed by atoms with E-state index >= 15 is 0 Å². The molecule has 0 saturated carbocycles. The molecule has 32 heavy (non-hydrogen) atoms. The third kappa shape index (κ3) is 3.86. The minimum Gasteiger partial charge on any atom is -0.324 e. The van der Waals surface area contributed by atoms with Crippen molar-refractivity contribution in [1.82, 2.24) is 19.7 Å². The molecular weight excluding hydrogens is 424 g/mol. The van der Waals surface area contributed by atoms with E-state index in [0.29, 0.717) is 16.5 Å². The van der Waals surface area contributed by atoms with Crippen molar-refractivity contribution >= 4 is 35.1 Å². The average molecular weight is 443 g/mol. The highest BCUT2D eigenvalue weighted by atomic mass is 35.5. The zero-order valence-corrected chi connectivity index (χ0v) is 17.9. The molecule has 0 fully saturated rings. The number of carbonyl (C=O) groups is 1. The lowest BCUT2D eigenvalue weighted by Crippen LogP contribution is -2.20. The number of anilines is 2. The Hall–Kier alpha value is -3.97. The summed E-state index contributed by atoms with van der Waals surface area (Å²) in [4.78, 5) is 21.1. The number of benzene rings is 2. The normalized spacial score (nSPS) is 14.8. The first kappa shape index (κ1) is 20.0. The second-order valence-electron chi connectivity index (χ2n) is 7.44. The topological polar surface area (TPSA) is 84.7 Å². The van der Waals surface area contributed by atoms with Gasteiger partial charge in [0, 0.05) is 23.1 Å². The lowest BCUT2D eigenvalue weighted by Gasteiger charge is -2.25. The Kier molecular flexibility index (Phi) is 5.17. The van der Waals surface area contributed by atoms with Crippen LogP contribution in [0.4, 0.5) is 11.9 Å². The van der Waals surface area contributed by atoms with Gasteiger partial charge in [-0.25, -0.2) is 4.68 Å². The fourth-order valence-electron chi connectivity index (χ4n) is 3.55. The monoisotopic (exact) mass is 442 g/mol. The van der Waals surface area contributed by atoms with Crippen LogP contribution in [0.5, 0.6) is 0 Å². The van der Waals surface area contributed by atoms with E-state index < -0.39 is 0 Å². The fraction of sp³-hybridized carbons (Fsp3) is 0.0833. The van der Waals surface area contributed by atoms with Gasteiger partial charge in [0.05, 0.1) is 5.56 Å². The number of fused-ring (bicyclic) bond motifs is 1. The largest absolute Gasteiger partial charge is 0.324 e. The van der Waals surface area contributed by atoms with Crippen LogP contribution in [-0.4, -0.2) is 25.7 Å². The number of hydrogen-bond acceptors (Lipinski definition) is 5. The van der Waals surface area contributed by atoms with Gasteiger partial charge in [-0.2, -0.15) is 4.98 Å². The average Bonchev–Trinajstić information content (AvgIpc) is 3.22. The molecule has 1 atom stereocenters. The molecule has 1 aliphatic rings. The van der Waals surface area contributed by atoms with Crippen LogP contribution in [0.25, 0.3) is 5.70 Å². The molecule has 2 aromatic carbocycles. The van der Waals surface area contributed by atoms with Gasteiger partial charge < -0.3 is 5.32 Å². The SMILES string of the molecule is Cc1ccc(C2=CC(c3ccccc3Cl)n3nc(NC(=O)c4cccnc4)nc3N2)cc1. The Balaban J connectivity index is 1.53. The Morgan fingerprint density at radius 3 is 2.66 bits per heavy atom. The highest BCUT2D eigenvalue weighted by Crippen LogP contribution is 2.35. The first-order valence-corrected chi connectivity index (χ1v) is 10.4. The summed E-state index contributed by atoms with van der Waals surface area (Å²) in [6, 6.07) is 18.9. The van der Waals surface area contributed by atoms with Gasteiger partial charge in [0.1, 0.15) is 6.04 Å². The number of nitrogens with one attached hydrogen (secondary N) is 2. The molecule has 0 spiro atoms. The quantitative estimate of drug-likeness (QED) is 0.467. The summed E-state index contributed by atoms with van der Waals surface area (Å²) in [6.45, 7) is 2.05. The van der Waals surface area contributed by atoms with Crippen molar-refractivity contribution in [2.75, 3.05) is 10.6 Å². The van der Waals surface area contributed by atoms with Crippen molar-refractivity contribution in [2.24, 2.45) is 0 Å². The van der Waals surface area contributed by atoms with Gasteiger partial charge in [0.25, 0.3) is 11.9 Å². The molecule has 2 N–H and O–H groups in total. The Morgan fingerprint density at radius 2 is 1.91 bits per heavy atom. The fourth-order valence-corrected chi connectivity index (χ4v) is 3.80. The number of halogens is 1. The summed E-state index contributed by atoms with van der Waals surface area (Å²) >= 11 is 6.52. The van der Waals surface area contributed by atoms with Crippen LogP contribution in [0.2, 0.25) is 5.02 Å². The van der Waals surface area contributed by atoms with E-state index in [1.54, 1.807) is 23.0 Å². The molecule has 5 rings (SSSR count). The maximum Gasteiger partial charge on any atom is 0.259 e. The molecule has 0 aliphatic carbocycles. The number of hydrogen-bond donors (Lipinski definition) is 2. The zero-order valence-electron chi connectivity index (χ0n) is 17.2. The number of allylic oxidation sites excluding steroid dienone is 1. The molecule has 2 aromatic heterocycles. The summed E-state index contributed by atoms with van der Waals surface area (Å²) in [5, 5.41) is 11.2. The number of nitrogens with zero attached hydrogens (tertiary/aromatic N) is 4. The van der Waals surface area contributed by atoms with Crippen LogP contribution in [0.1, 0.15) is 33.1 Å². The first-order valence-electron chi connectivity index (χ1n) is 10.1. The Morgan fingerprint density at radius 1 is 1.09 bits per heavy atom. The smallest absolute Gasteiger partial charge is 0.259 e. The standard InChI is InChI=1S/C24H19ClN6O/c1-15-8-10-16(11-9-15)20-13-21(18-6-2-3-7-19(18)25)31-24(27-20)29-23(30-31)28-22(32)17-5-4-12-26-14-17/h2-14,21H,1H3,(H2,27,28,29,30,32). The molecule has 3 heterocycles. The molecule has 8 heteroatoms. The molecule has 1 unspecified atom stereocenters. The molecule has 4 aromatic rings. The maximum absolute atomic E-state index is 12.6. The van der Waals surface area contributed by atoms with Gasteiger partial charge in [-0.05, 0) is 42.3 Å². The lowest BCUT2D eigenvalue weighted by molar-refractivity contribution is 0.102. The van der Waals surface area contributed by atoms with Gasteiger partial charge in [0.2, 0.25) is 5.95 Å². The number of pyridine rings is 1. The molecule has 0 saturated heterocycles. The van der Waals surface area contributed by atoms with Crippen LogP contribution in [0.15, 0.2) is 79.1 Å². The minimum atomic E-state index is -0.331. The molecular formula is C24H19ClN6O. The lowest BCUT2D eigenvalue weighted by atomic mass is 10.0. The molecule has 0 radical (unpaired) electrons. The highest BCUT2D eigenvalue weighted by Gasteiger charge is 2.27. The van der Waals surface area contributed by atoms with Gasteiger partial charge in [0.15, 0.2) is 0 Å².